The van der Waals surface area contributed by atoms with Crippen molar-refractivity contribution >= 4 is 27.4 Å². The van der Waals surface area contributed by atoms with Crippen LogP contribution >= 0.6 is 15.9 Å². The predicted octanol–water partition coefficient (Wildman–Crippen LogP) is 4.66. The molecule has 0 atom stereocenters. The van der Waals surface area contributed by atoms with E-state index >= 15 is 0 Å². The average molecular weight is 356 g/mol. The molecule has 1 fully saturated rings. The van der Waals surface area contributed by atoms with Gasteiger partial charge in [0.25, 0.3) is 0 Å². The van der Waals surface area contributed by atoms with Crippen LogP contribution < -0.4 is 4.74 Å². The van der Waals surface area contributed by atoms with Crippen molar-refractivity contribution in [2.45, 2.75) is 51.6 Å². The van der Waals surface area contributed by atoms with Crippen LogP contribution in [0.25, 0.3) is 0 Å². The number of nitro benzene ring substituents is 1. The molecule has 1 aliphatic carbocycles. The summed E-state index contributed by atoms with van der Waals surface area (Å²) in [5, 5.41) is 11.3. The van der Waals surface area contributed by atoms with E-state index in [1.165, 1.54) is 25.8 Å². The van der Waals surface area contributed by atoms with Gasteiger partial charge in [-0.2, -0.15) is 0 Å². The summed E-state index contributed by atoms with van der Waals surface area (Å²) in [5.74, 6) is -0.120. The molecular weight excluding hydrogens is 338 g/mol. The molecule has 0 amide bonds. The Labute approximate surface area is 132 Å². The zero-order chi connectivity index (χ0) is 15.4. The first-order valence-corrected chi connectivity index (χ1v) is 7.94. The predicted molar refractivity (Wildman–Crippen MR) is 82.9 cm³/mol. The summed E-state index contributed by atoms with van der Waals surface area (Å²) in [4.78, 5) is 22.5. The number of carbonyl (C=O) groups excluding carboxylic acids is 1. The minimum absolute atomic E-state index is 0.0505. The molecule has 1 aromatic carbocycles. The number of hydrogen-bond acceptors (Lipinski definition) is 4. The number of Topliss-reactive ketones (excluding diaryl/α,β-unsaturated/α-hetero) is 1. The van der Waals surface area contributed by atoms with Crippen LogP contribution in [-0.2, 0) is 0 Å². The Kier molecular flexibility index (Phi) is 5.33. The van der Waals surface area contributed by atoms with Gasteiger partial charge in [-0.05, 0) is 38.7 Å². The van der Waals surface area contributed by atoms with Crippen LogP contribution in [0.2, 0.25) is 0 Å². The van der Waals surface area contributed by atoms with Crippen LogP contribution in [0.15, 0.2) is 16.6 Å². The summed E-state index contributed by atoms with van der Waals surface area (Å²) in [7, 11) is 0. The molecule has 0 radical (unpaired) electrons. The molecular formula is C15H18BrNO4. The molecule has 21 heavy (non-hydrogen) atoms. The molecule has 0 saturated heterocycles. The molecule has 0 aliphatic heterocycles. The van der Waals surface area contributed by atoms with Crippen LogP contribution in [0.5, 0.6) is 5.75 Å². The first-order chi connectivity index (χ1) is 9.99. The molecule has 1 saturated carbocycles. The van der Waals surface area contributed by atoms with Gasteiger partial charge in [0.2, 0.25) is 5.75 Å². The lowest BCUT2D eigenvalue weighted by molar-refractivity contribution is -0.386. The van der Waals surface area contributed by atoms with Gasteiger partial charge in [0.1, 0.15) is 0 Å². The fraction of sp³-hybridized carbons (Fsp3) is 0.533. The molecule has 5 nitrogen and oxygen atoms in total. The van der Waals surface area contributed by atoms with Crippen molar-refractivity contribution in [2.24, 2.45) is 0 Å². The Balaban J connectivity index is 2.39. The van der Waals surface area contributed by atoms with E-state index in [1.807, 2.05) is 0 Å². The molecule has 114 valence electrons. The van der Waals surface area contributed by atoms with Crippen LogP contribution in [0.3, 0.4) is 0 Å². The van der Waals surface area contributed by atoms with Crippen molar-refractivity contribution in [3.63, 3.8) is 0 Å². The fourth-order valence-corrected chi connectivity index (χ4v) is 3.07. The Hall–Kier alpha value is -1.43. The number of ether oxygens (including phenoxy) is 1. The van der Waals surface area contributed by atoms with E-state index in [-0.39, 0.29) is 28.9 Å². The molecule has 2 rings (SSSR count). The number of halogens is 1. The van der Waals surface area contributed by atoms with Gasteiger partial charge >= 0.3 is 5.69 Å². The normalized spacial score (nSPS) is 16.3. The molecule has 6 heteroatoms. The van der Waals surface area contributed by atoms with Crippen LogP contribution in [0.1, 0.15) is 55.8 Å². The first-order valence-electron chi connectivity index (χ1n) is 7.14. The Morgan fingerprint density at radius 1 is 1.29 bits per heavy atom. The summed E-state index contributed by atoms with van der Waals surface area (Å²) in [5.41, 5.74) is 0.110. The molecule has 1 aliphatic rings. The minimum atomic E-state index is -0.497. The van der Waals surface area contributed by atoms with E-state index in [1.54, 1.807) is 6.07 Å². The Bertz CT molecular complexity index is 516. The second-order valence-corrected chi connectivity index (χ2v) is 6.26. The number of ketones is 1. The summed E-state index contributed by atoms with van der Waals surface area (Å²) in [6.07, 6.45) is 6.17. The van der Waals surface area contributed by atoms with E-state index < -0.39 is 4.92 Å². The highest BCUT2D eigenvalue weighted by Gasteiger charge is 2.26. The maximum atomic E-state index is 11.8. The van der Waals surface area contributed by atoms with Crippen molar-refractivity contribution in [2.75, 3.05) is 0 Å². The topological polar surface area (TPSA) is 69.4 Å². The summed E-state index contributed by atoms with van der Waals surface area (Å²) in [6, 6.07) is 2.97. The first kappa shape index (κ1) is 15.9. The summed E-state index contributed by atoms with van der Waals surface area (Å²) in [6.45, 7) is 1.39. The fourth-order valence-electron chi connectivity index (χ4n) is 2.63. The maximum absolute atomic E-state index is 11.8. The van der Waals surface area contributed by atoms with Crippen LogP contribution in [0, 0.1) is 10.1 Å². The number of hydrogen-bond donors (Lipinski definition) is 0. The Morgan fingerprint density at radius 2 is 1.90 bits per heavy atom. The minimum Gasteiger partial charge on any atom is -0.483 e. The third-order valence-corrected chi connectivity index (χ3v) is 4.15. The zero-order valence-corrected chi connectivity index (χ0v) is 13.5. The molecule has 0 bridgehead atoms. The number of nitrogens with zero attached hydrogens (tertiary/aromatic N) is 1. The number of carbonyl (C=O) groups is 1. The highest BCUT2D eigenvalue weighted by atomic mass is 79.9. The van der Waals surface area contributed by atoms with Crippen molar-refractivity contribution in [1.29, 1.82) is 0 Å². The van der Waals surface area contributed by atoms with Gasteiger partial charge in [0.15, 0.2) is 5.78 Å². The van der Waals surface area contributed by atoms with E-state index in [4.69, 9.17) is 4.74 Å². The zero-order valence-electron chi connectivity index (χ0n) is 11.9. The summed E-state index contributed by atoms with van der Waals surface area (Å²) < 4.78 is 6.40. The lowest BCUT2D eigenvalue weighted by Gasteiger charge is -2.18. The molecule has 1 aromatic rings. The Morgan fingerprint density at radius 3 is 2.43 bits per heavy atom. The third kappa shape index (κ3) is 4.03. The van der Waals surface area contributed by atoms with Crippen LogP contribution in [0.4, 0.5) is 5.69 Å². The van der Waals surface area contributed by atoms with Gasteiger partial charge in [0.05, 0.1) is 16.6 Å². The van der Waals surface area contributed by atoms with E-state index in [0.717, 1.165) is 25.7 Å². The number of benzene rings is 1. The average Bonchev–Trinajstić information content (AvgIpc) is 2.68. The summed E-state index contributed by atoms with van der Waals surface area (Å²) >= 11 is 3.21. The van der Waals surface area contributed by atoms with Crippen LogP contribution in [-0.4, -0.2) is 16.8 Å². The number of rotatable bonds is 4. The van der Waals surface area contributed by atoms with Gasteiger partial charge in [-0.3, -0.25) is 14.9 Å². The van der Waals surface area contributed by atoms with Gasteiger partial charge in [-0.25, -0.2) is 0 Å². The SMILES string of the molecule is CC(=O)c1cc(Br)cc([N+](=O)[O-])c1OC1CCCCCC1. The van der Waals surface area contributed by atoms with E-state index in [2.05, 4.69) is 15.9 Å². The second-order valence-electron chi connectivity index (χ2n) is 5.35. The molecule has 0 N–H and O–H groups in total. The largest absolute Gasteiger partial charge is 0.483 e. The lowest BCUT2D eigenvalue weighted by atomic mass is 10.1. The van der Waals surface area contributed by atoms with Crippen molar-refractivity contribution in [3.05, 3.63) is 32.3 Å². The highest BCUT2D eigenvalue weighted by molar-refractivity contribution is 9.10. The molecule has 0 spiro atoms. The lowest BCUT2D eigenvalue weighted by Crippen LogP contribution is -2.17. The van der Waals surface area contributed by atoms with Gasteiger partial charge in [-0.15, -0.1) is 0 Å². The van der Waals surface area contributed by atoms with Gasteiger partial charge in [-0.1, -0.05) is 28.8 Å². The van der Waals surface area contributed by atoms with E-state index in [0.29, 0.717) is 4.47 Å². The molecule has 0 unspecified atom stereocenters. The standard InChI is InChI=1S/C15H18BrNO4/c1-10(18)13-8-11(16)9-14(17(19)20)15(13)21-12-6-4-2-3-5-7-12/h8-9,12H,2-7H2,1H3. The molecule has 0 heterocycles. The smallest absolute Gasteiger partial charge is 0.312 e. The van der Waals surface area contributed by atoms with Gasteiger partial charge < -0.3 is 4.74 Å². The maximum Gasteiger partial charge on any atom is 0.312 e. The molecule has 0 aromatic heterocycles. The van der Waals surface area contributed by atoms with Crippen molar-refractivity contribution < 1.29 is 14.5 Å². The monoisotopic (exact) mass is 355 g/mol. The quantitative estimate of drug-likeness (QED) is 0.340. The number of nitro groups is 1. The highest BCUT2D eigenvalue weighted by Crippen LogP contribution is 2.37. The third-order valence-electron chi connectivity index (χ3n) is 3.70. The van der Waals surface area contributed by atoms with Crippen molar-refractivity contribution in [3.8, 4) is 5.75 Å². The second kappa shape index (κ2) is 7.02. The van der Waals surface area contributed by atoms with Crippen molar-refractivity contribution in [1.82, 2.24) is 0 Å². The van der Waals surface area contributed by atoms with Gasteiger partial charge in [0, 0.05) is 10.5 Å². The van der Waals surface area contributed by atoms with E-state index in [9.17, 15) is 14.9 Å².